The number of nitrogens with one attached hydrogen (secondary N) is 1. The van der Waals surface area contributed by atoms with Crippen molar-refractivity contribution in [2.75, 3.05) is 7.11 Å². The van der Waals surface area contributed by atoms with Crippen molar-refractivity contribution in [1.82, 2.24) is 14.9 Å². The van der Waals surface area contributed by atoms with Crippen molar-refractivity contribution in [3.63, 3.8) is 0 Å². The molecule has 1 aliphatic heterocycles. The van der Waals surface area contributed by atoms with Crippen LogP contribution in [0.15, 0.2) is 82.5 Å². The first-order valence-corrected chi connectivity index (χ1v) is 11.9. The maximum absolute atomic E-state index is 13.3. The Hall–Kier alpha value is -3.95. The molecule has 5 rings (SSSR count). The summed E-state index contributed by atoms with van der Waals surface area (Å²) in [6.07, 6.45) is 1.74. The lowest BCUT2D eigenvalue weighted by Gasteiger charge is -2.16. The van der Waals surface area contributed by atoms with Crippen LogP contribution < -0.4 is 20.3 Å². The van der Waals surface area contributed by atoms with Gasteiger partial charge in [0.05, 0.1) is 28.6 Å². The molecule has 174 valence electrons. The van der Waals surface area contributed by atoms with Crippen molar-refractivity contribution in [3.05, 3.63) is 99.4 Å². The summed E-state index contributed by atoms with van der Waals surface area (Å²) in [5.74, 6) is 1.21. The Kier molecular flexibility index (Phi) is 6.35. The Bertz CT molecular complexity index is 1550. The average molecular weight is 502 g/mol. The second-order valence-corrected chi connectivity index (χ2v) is 9.29. The molecule has 1 amide bonds. The van der Waals surface area contributed by atoms with Crippen LogP contribution in [0, 0.1) is 0 Å². The predicted molar refractivity (Wildman–Crippen MR) is 141 cm³/mol. The molecule has 3 aromatic carbocycles. The van der Waals surface area contributed by atoms with Crippen molar-refractivity contribution >= 4 is 51.2 Å². The first-order valence-electron chi connectivity index (χ1n) is 10.7. The topological polar surface area (TPSA) is 82.5 Å². The molecular weight excluding hydrogens is 482 g/mol. The zero-order valence-corrected chi connectivity index (χ0v) is 20.2. The second-order valence-electron chi connectivity index (χ2n) is 7.57. The molecule has 35 heavy (non-hydrogen) atoms. The number of hydrogen-bond donors (Lipinski definition) is 1. The molecule has 1 aliphatic rings. The van der Waals surface area contributed by atoms with Crippen LogP contribution in [0.25, 0.3) is 22.7 Å². The normalized spacial score (nSPS) is 14.4. The van der Waals surface area contributed by atoms with Gasteiger partial charge in [-0.3, -0.25) is 14.2 Å². The number of carbonyl (C=O) groups is 1. The third kappa shape index (κ3) is 4.68. The summed E-state index contributed by atoms with van der Waals surface area (Å²) in [4.78, 5) is 30.5. The Balaban J connectivity index is 1.48. The molecule has 0 spiro atoms. The highest BCUT2D eigenvalue weighted by atomic mass is 32.2. The summed E-state index contributed by atoms with van der Waals surface area (Å²) in [5, 5.41) is 3.13. The molecule has 1 fully saturated rings. The zero-order chi connectivity index (χ0) is 24.4. The maximum atomic E-state index is 13.3. The summed E-state index contributed by atoms with van der Waals surface area (Å²) in [6, 6.07) is 21.9. The van der Waals surface area contributed by atoms with Crippen molar-refractivity contribution in [2.45, 2.75) is 6.61 Å². The van der Waals surface area contributed by atoms with Gasteiger partial charge in [-0.2, -0.15) is 0 Å². The van der Waals surface area contributed by atoms with Gasteiger partial charge in [0.25, 0.3) is 11.5 Å². The molecule has 1 aromatic heterocycles. The van der Waals surface area contributed by atoms with Gasteiger partial charge in [0.2, 0.25) is 0 Å². The van der Waals surface area contributed by atoms with Crippen LogP contribution in [0.1, 0.15) is 11.4 Å². The standard InChI is InChI=1S/C26H19N3O4S2/c1-32-21-13-16(14-22-24(30)28-26(34)35-22)11-12-20(21)33-15-23-27-19-10-6-5-9-18(19)25(31)29(23)17-7-3-2-4-8-17/h2-14H,15H2,1H3,(H,28,30,34). The number of fused-ring (bicyclic) bond motifs is 1. The molecule has 1 saturated heterocycles. The summed E-state index contributed by atoms with van der Waals surface area (Å²) >= 11 is 6.25. The third-order valence-corrected chi connectivity index (χ3v) is 6.51. The highest BCUT2D eigenvalue weighted by Gasteiger charge is 2.22. The lowest BCUT2D eigenvalue weighted by atomic mass is 10.2. The van der Waals surface area contributed by atoms with Gasteiger partial charge in [-0.15, -0.1) is 0 Å². The maximum Gasteiger partial charge on any atom is 0.266 e. The van der Waals surface area contributed by atoms with Crippen molar-refractivity contribution < 1.29 is 14.3 Å². The lowest BCUT2D eigenvalue weighted by Crippen LogP contribution is -2.25. The van der Waals surface area contributed by atoms with Crippen LogP contribution >= 0.6 is 24.0 Å². The van der Waals surface area contributed by atoms with Crippen molar-refractivity contribution in [3.8, 4) is 17.2 Å². The fourth-order valence-electron chi connectivity index (χ4n) is 3.73. The first-order chi connectivity index (χ1) is 17.0. The molecule has 0 unspecified atom stereocenters. The van der Waals surface area contributed by atoms with Gasteiger partial charge in [-0.05, 0) is 48.0 Å². The number of nitrogens with zero attached hydrogens (tertiary/aromatic N) is 2. The Morgan fingerprint density at radius 3 is 2.54 bits per heavy atom. The van der Waals surface area contributed by atoms with E-state index in [4.69, 9.17) is 26.7 Å². The lowest BCUT2D eigenvalue weighted by molar-refractivity contribution is -0.115. The van der Waals surface area contributed by atoms with Gasteiger partial charge in [-0.25, -0.2) is 4.98 Å². The van der Waals surface area contributed by atoms with E-state index in [9.17, 15) is 9.59 Å². The van der Waals surface area contributed by atoms with Crippen LogP contribution in [-0.2, 0) is 11.4 Å². The number of amides is 1. The Morgan fingerprint density at radius 1 is 1.03 bits per heavy atom. The summed E-state index contributed by atoms with van der Waals surface area (Å²) in [6.45, 7) is 0.0400. The molecule has 1 N–H and O–H groups in total. The van der Waals surface area contributed by atoms with E-state index >= 15 is 0 Å². The number of benzene rings is 3. The molecule has 0 aliphatic carbocycles. The fraction of sp³-hybridized carbons (Fsp3) is 0.0769. The van der Waals surface area contributed by atoms with E-state index in [1.807, 2.05) is 48.5 Å². The number of methoxy groups -OCH3 is 1. The fourth-order valence-corrected chi connectivity index (χ4v) is 4.77. The van der Waals surface area contributed by atoms with Gasteiger partial charge in [0, 0.05) is 0 Å². The van der Waals surface area contributed by atoms with E-state index < -0.39 is 0 Å². The van der Waals surface area contributed by atoms with Crippen LogP contribution in [-0.4, -0.2) is 26.9 Å². The number of ether oxygens (including phenoxy) is 2. The minimum absolute atomic E-state index is 0.0400. The van der Waals surface area contributed by atoms with E-state index in [0.717, 1.165) is 5.56 Å². The van der Waals surface area contributed by atoms with E-state index in [1.54, 1.807) is 42.0 Å². The SMILES string of the molecule is COc1cc(C=C2SC(=S)NC2=O)ccc1OCc1nc2ccccc2c(=O)n1-c1ccccc1. The summed E-state index contributed by atoms with van der Waals surface area (Å²) in [5.41, 5.74) is 1.90. The number of carbonyl (C=O) groups excluding carboxylic acids is 1. The highest BCUT2D eigenvalue weighted by Crippen LogP contribution is 2.32. The molecule has 0 atom stereocenters. The minimum atomic E-state index is -0.222. The van der Waals surface area contributed by atoms with Crippen LogP contribution in [0.5, 0.6) is 11.5 Å². The molecule has 0 bridgehead atoms. The number of aromatic nitrogens is 2. The largest absolute Gasteiger partial charge is 0.493 e. The first kappa shape index (κ1) is 22.8. The van der Waals surface area contributed by atoms with E-state index in [2.05, 4.69) is 5.32 Å². The number of rotatable bonds is 6. The predicted octanol–water partition coefficient (Wildman–Crippen LogP) is 4.46. The number of para-hydroxylation sites is 2. The van der Waals surface area contributed by atoms with E-state index in [0.29, 0.717) is 43.1 Å². The summed E-state index contributed by atoms with van der Waals surface area (Å²) in [7, 11) is 1.54. The van der Waals surface area contributed by atoms with E-state index in [-0.39, 0.29) is 18.1 Å². The quantitative estimate of drug-likeness (QED) is 0.309. The molecule has 0 radical (unpaired) electrons. The zero-order valence-electron chi connectivity index (χ0n) is 18.6. The second kappa shape index (κ2) is 9.73. The smallest absolute Gasteiger partial charge is 0.266 e. The van der Waals surface area contributed by atoms with Gasteiger partial charge >= 0.3 is 0 Å². The monoisotopic (exact) mass is 501 g/mol. The van der Waals surface area contributed by atoms with Gasteiger partial charge in [-0.1, -0.05) is 60.4 Å². The van der Waals surface area contributed by atoms with Crippen molar-refractivity contribution in [2.24, 2.45) is 0 Å². The highest BCUT2D eigenvalue weighted by molar-refractivity contribution is 8.26. The molecule has 4 aromatic rings. The Morgan fingerprint density at radius 2 is 1.80 bits per heavy atom. The van der Waals surface area contributed by atoms with Gasteiger partial charge < -0.3 is 14.8 Å². The minimum Gasteiger partial charge on any atom is -0.493 e. The number of thioether (sulfide) groups is 1. The molecule has 7 nitrogen and oxygen atoms in total. The van der Waals surface area contributed by atoms with Crippen LogP contribution in [0.4, 0.5) is 0 Å². The van der Waals surface area contributed by atoms with Crippen LogP contribution in [0.3, 0.4) is 0 Å². The third-order valence-electron chi connectivity index (χ3n) is 5.34. The van der Waals surface area contributed by atoms with Gasteiger partial charge in [0.1, 0.15) is 10.9 Å². The molecule has 0 saturated carbocycles. The summed E-state index contributed by atoms with van der Waals surface area (Å²) < 4.78 is 13.6. The van der Waals surface area contributed by atoms with Gasteiger partial charge in [0.15, 0.2) is 17.3 Å². The molecule has 2 heterocycles. The number of thiocarbonyl (C=S) groups is 1. The molecule has 9 heteroatoms. The Labute approximate surface area is 210 Å². The number of hydrogen-bond acceptors (Lipinski definition) is 7. The average Bonchev–Trinajstić information content (AvgIpc) is 3.19. The van der Waals surface area contributed by atoms with Crippen molar-refractivity contribution in [1.29, 1.82) is 0 Å². The van der Waals surface area contributed by atoms with Crippen LogP contribution in [0.2, 0.25) is 0 Å². The molecular formula is C26H19N3O4S2. The van der Waals surface area contributed by atoms with E-state index in [1.165, 1.54) is 11.8 Å².